The number of carbonyl (C=O) groups is 1. The highest BCUT2D eigenvalue weighted by atomic mass is 35.5. The first-order valence-corrected chi connectivity index (χ1v) is 8.42. The highest BCUT2D eigenvalue weighted by molar-refractivity contribution is 6.30. The predicted molar refractivity (Wildman–Crippen MR) is 99.2 cm³/mol. The monoisotopic (exact) mass is 354 g/mol. The van der Waals surface area contributed by atoms with Gasteiger partial charge in [-0.05, 0) is 55.0 Å². The third-order valence-corrected chi connectivity index (χ3v) is 4.02. The summed E-state index contributed by atoms with van der Waals surface area (Å²) in [7, 11) is 0. The number of halogens is 1. The molecule has 2 aromatic carbocycles. The Labute approximate surface area is 152 Å². The molecule has 3 rings (SSSR count). The van der Waals surface area contributed by atoms with Gasteiger partial charge in [-0.3, -0.25) is 4.79 Å². The van der Waals surface area contributed by atoms with E-state index in [0.717, 1.165) is 11.3 Å². The van der Waals surface area contributed by atoms with Crippen molar-refractivity contribution in [3.8, 4) is 11.4 Å². The number of carbonyl (C=O) groups excluding carboxylic acids is 1. The Morgan fingerprint density at radius 3 is 2.52 bits per heavy atom. The highest BCUT2D eigenvalue weighted by Crippen LogP contribution is 2.18. The number of ether oxygens (including phenoxy) is 1. The van der Waals surface area contributed by atoms with Gasteiger partial charge in [0.15, 0.2) is 6.10 Å². The molecule has 3 aromatic rings. The first-order valence-electron chi connectivity index (χ1n) is 8.04. The van der Waals surface area contributed by atoms with Crippen LogP contribution in [0.5, 0.6) is 5.75 Å². The topological polar surface area (TPSA) is 43.3 Å². The number of benzene rings is 2. The number of hydrogen-bond donors (Lipinski definition) is 1. The van der Waals surface area contributed by atoms with E-state index in [1.165, 1.54) is 0 Å². The Morgan fingerprint density at radius 2 is 1.84 bits per heavy atom. The smallest absolute Gasteiger partial charge is 0.261 e. The molecule has 1 amide bonds. The second-order valence-corrected chi connectivity index (χ2v) is 6.13. The maximum absolute atomic E-state index is 12.2. The number of nitrogens with zero attached hydrogens (tertiary/aromatic N) is 1. The Morgan fingerprint density at radius 1 is 1.12 bits per heavy atom. The average Bonchev–Trinajstić information content (AvgIpc) is 3.14. The van der Waals surface area contributed by atoms with E-state index in [1.807, 2.05) is 53.4 Å². The van der Waals surface area contributed by atoms with Crippen molar-refractivity contribution in [1.29, 1.82) is 0 Å². The summed E-state index contributed by atoms with van der Waals surface area (Å²) in [4.78, 5) is 12.2. The van der Waals surface area contributed by atoms with Gasteiger partial charge in [0.05, 0.1) is 0 Å². The lowest BCUT2D eigenvalue weighted by Crippen LogP contribution is -2.35. The molecule has 0 saturated heterocycles. The lowest BCUT2D eigenvalue weighted by Gasteiger charge is -2.15. The van der Waals surface area contributed by atoms with Gasteiger partial charge in [0.1, 0.15) is 5.75 Å². The molecule has 1 aromatic heterocycles. The molecule has 0 aliphatic rings. The van der Waals surface area contributed by atoms with Crippen LogP contribution in [0.2, 0.25) is 5.02 Å². The van der Waals surface area contributed by atoms with Crippen LogP contribution in [0.1, 0.15) is 12.5 Å². The van der Waals surface area contributed by atoms with Gasteiger partial charge in [-0.1, -0.05) is 29.8 Å². The third kappa shape index (κ3) is 4.64. The van der Waals surface area contributed by atoms with Crippen molar-refractivity contribution >= 4 is 17.5 Å². The maximum Gasteiger partial charge on any atom is 0.261 e. The lowest BCUT2D eigenvalue weighted by atomic mass is 10.2. The van der Waals surface area contributed by atoms with Crippen LogP contribution in [-0.2, 0) is 11.3 Å². The molecule has 25 heavy (non-hydrogen) atoms. The predicted octanol–water partition coefficient (Wildman–Crippen LogP) is 4.21. The SMILES string of the molecule is CC(Oc1cccc(Cl)c1)C(=O)NCc1ccc(-n2cccc2)cc1. The summed E-state index contributed by atoms with van der Waals surface area (Å²) in [5.41, 5.74) is 2.11. The minimum Gasteiger partial charge on any atom is -0.481 e. The van der Waals surface area contributed by atoms with E-state index in [1.54, 1.807) is 31.2 Å². The molecular weight excluding hydrogens is 336 g/mol. The maximum atomic E-state index is 12.2. The second kappa shape index (κ2) is 7.90. The van der Waals surface area contributed by atoms with Crippen molar-refractivity contribution in [3.63, 3.8) is 0 Å². The van der Waals surface area contributed by atoms with Gasteiger partial charge >= 0.3 is 0 Å². The van der Waals surface area contributed by atoms with Crippen LogP contribution in [-0.4, -0.2) is 16.6 Å². The van der Waals surface area contributed by atoms with Crippen molar-refractivity contribution in [1.82, 2.24) is 9.88 Å². The molecule has 0 bridgehead atoms. The molecule has 128 valence electrons. The van der Waals surface area contributed by atoms with Crippen molar-refractivity contribution in [3.05, 3.63) is 83.6 Å². The average molecular weight is 355 g/mol. The zero-order valence-corrected chi connectivity index (χ0v) is 14.6. The summed E-state index contributed by atoms with van der Waals surface area (Å²) in [5.74, 6) is 0.403. The van der Waals surface area contributed by atoms with Gasteiger partial charge in [0.25, 0.3) is 5.91 Å². The normalized spacial score (nSPS) is 11.8. The van der Waals surface area contributed by atoms with Gasteiger partial charge in [-0.15, -0.1) is 0 Å². The van der Waals surface area contributed by atoms with Crippen molar-refractivity contribution in [2.45, 2.75) is 19.6 Å². The van der Waals surface area contributed by atoms with E-state index in [4.69, 9.17) is 16.3 Å². The molecule has 0 saturated carbocycles. The van der Waals surface area contributed by atoms with E-state index in [2.05, 4.69) is 5.32 Å². The number of nitrogens with one attached hydrogen (secondary N) is 1. The van der Waals surface area contributed by atoms with Crippen LogP contribution >= 0.6 is 11.6 Å². The molecule has 1 N–H and O–H groups in total. The summed E-state index contributed by atoms with van der Waals surface area (Å²) in [5, 5.41) is 3.46. The minimum atomic E-state index is -0.599. The molecule has 4 nitrogen and oxygen atoms in total. The number of hydrogen-bond acceptors (Lipinski definition) is 2. The molecule has 1 unspecified atom stereocenters. The van der Waals surface area contributed by atoms with E-state index in [-0.39, 0.29) is 5.91 Å². The van der Waals surface area contributed by atoms with Gasteiger partial charge in [-0.2, -0.15) is 0 Å². The van der Waals surface area contributed by atoms with Gasteiger partial charge in [0.2, 0.25) is 0 Å². The van der Waals surface area contributed by atoms with Crippen LogP contribution in [0.15, 0.2) is 73.1 Å². The summed E-state index contributed by atoms with van der Waals surface area (Å²) in [6, 6.07) is 19.0. The zero-order chi connectivity index (χ0) is 17.6. The van der Waals surface area contributed by atoms with E-state index in [0.29, 0.717) is 17.3 Å². The van der Waals surface area contributed by atoms with Crippen LogP contribution in [0.4, 0.5) is 0 Å². The minimum absolute atomic E-state index is 0.172. The quantitative estimate of drug-likeness (QED) is 0.720. The number of aromatic nitrogens is 1. The first kappa shape index (κ1) is 17.1. The summed E-state index contributed by atoms with van der Waals surface area (Å²) >= 11 is 5.92. The fraction of sp³-hybridized carbons (Fsp3) is 0.150. The van der Waals surface area contributed by atoms with E-state index in [9.17, 15) is 4.79 Å². The van der Waals surface area contributed by atoms with Crippen molar-refractivity contribution < 1.29 is 9.53 Å². The molecule has 0 spiro atoms. The Hall–Kier alpha value is -2.72. The lowest BCUT2D eigenvalue weighted by molar-refractivity contribution is -0.127. The van der Waals surface area contributed by atoms with Crippen molar-refractivity contribution in [2.75, 3.05) is 0 Å². The molecule has 1 heterocycles. The molecule has 1 atom stereocenters. The first-order chi connectivity index (χ1) is 12.1. The van der Waals surface area contributed by atoms with Crippen LogP contribution in [0.25, 0.3) is 5.69 Å². The fourth-order valence-electron chi connectivity index (χ4n) is 2.42. The largest absolute Gasteiger partial charge is 0.481 e. The second-order valence-electron chi connectivity index (χ2n) is 5.69. The molecule has 0 aliphatic carbocycles. The van der Waals surface area contributed by atoms with Gasteiger partial charge < -0.3 is 14.6 Å². The van der Waals surface area contributed by atoms with Gasteiger partial charge in [-0.25, -0.2) is 0 Å². The van der Waals surface area contributed by atoms with Crippen molar-refractivity contribution in [2.24, 2.45) is 0 Å². The van der Waals surface area contributed by atoms with Crippen LogP contribution in [0, 0.1) is 0 Å². The van der Waals surface area contributed by atoms with E-state index < -0.39 is 6.10 Å². The Bertz CT molecular complexity index is 829. The standard InChI is InChI=1S/C20H19ClN2O2/c1-15(25-19-6-4-5-17(21)13-19)20(24)22-14-16-7-9-18(10-8-16)23-11-2-3-12-23/h2-13,15H,14H2,1H3,(H,22,24). The molecular formula is C20H19ClN2O2. The third-order valence-electron chi connectivity index (χ3n) is 3.78. The fourth-order valence-corrected chi connectivity index (χ4v) is 2.60. The Balaban J connectivity index is 1.53. The number of amides is 1. The van der Waals surface area contributed by atoms with Crippen LogP contribution in [0.3, 0.4) is 0 Å². The molecule has 5 heteroatoms. The zero-order valence-electron chi connectivity index (χ0n) is 13.9. The van der Waals surface area contributed by atoms with Crippen LogP contribution < -0.4 is 10.1 Å². The molecule has 0 aliphatic heterocycles. The van der Waals surface area contributed by atoms with E-state index >= 15 is 0 Å². The highest BCUT2D eigenvalue weighted by Gasteiger charge is 2.14. The van der Waals surface area contributed by atoms with Gasteiger partial charge in [0, 0.05) is 29.6 Å². The summed E-state index contributed by atoms with van der Waals surface area (Å²) in [6.07, 6.45) is 3.38. The Kier molecular flexibility index (Phi) is 5.41. The summed E-state index contributed by atoms with van der Waals surface area (Å²) < 4.78 is 7.64. The molecule has 0 radical (unpaired) electrons. The number of rotatable bonds is 6. The summed E-state index contributed by atoms with van der Waals surface area (Å²) in [6.45, 7) is 2.17. The molecule has 0 fully saturated rings.